The summed E-state index contributed by atoms with van der Waals surface area (Å²) in [6, 6.07) is 20.0. The van der Waals surface area contributed by atoms with Crippen LogP contribution in [0.4, 0.5) is 10.3 Å². The van der Waals surface area contributed by atoms with Crippen molar-refractivity contribution in [2.75, 3.05) is 10.6 Å². The second-order valence-corrected chi connectivity index (χ2v) is 14.3. The van der Waals surface area contributed by atoms with Gasteiger partial charge >= 0.3 is 0 Å². The number of Topliss-reactive ketones (excluding diaryl/α,β-unsaturated/α-hetero) is 2. The molecular weight excluding hydrogens is 915 g/mol. The van der Waals surface area contributed by atoms with Gasteiger partial charge in [0.1, 0.15) is 0 Å². The zero-order valence-corrected chi connectivity index (χ0v) is 31.8. The first-order valence-corrected chi connectivity index (χ1v) is 17.7. The second kappa shape index (κ2) is 16.9. The third-order valence-electron chi connectivity index (χ3n) is 5.92. The maximum atomic E-state index is 12.0. The molecule has 2 aromatic carbocycles. The minimum atomic E-state index is -0.0597. The molecule has 6 nitrogen and oxygen atoms in total. The van der Waals surface area contributed by atoms with Crippen LogP contribution in [0.3, 0.4) is 0 Å². The third-order valence-corrected chi connectivity index (χ3v) is 9.56. The predicted molar refractivity (Wildman–Crippen MR) is 197 cm³/mol. The molecule has 45 heavy (non-hydrogen) atoms. The molecule has 0 spiro atoms. The average Bonchev–Trinajstić information content (AvgIpc) is 3.71. The molecule has 2 N–H and O–H groups in total. The Morgan fingerprint density at radius 1 is 0.578 bits per heavy atom. The molecule has 0 bridgehead atoms. The van der Waals surface area contributed by atoms with E-state index in [2.05, 4.69) is 84.3 Å². The minimum absolute atomic E-state index is 0. The van der Waals surface area contributed by atoms with E-state index in [1.807, 2.05) is 71.4 Å². The quantitative estimate of drug-likeness (QED) is 0.188. The molecule has 0 fully saturated rings. The van der Waals surface area contributed by atoms with Crippen LogP contribution in [0.2, 0.25) is 0 Å². The van der Waals surface area contributed by atoms with E-state index in [9.17, 15) is 9.59 Å². The van der Waals surface area contributed by atoms with Gasteiger partial charge in [-0.25, -0.2) is 9.97 Å². The first-order chi connectivity index (χ1) is 21.3. The largest absolute Gasteiger partial charge is 0.337 e. The van der Waals surface area contributed by atoms with Gasteiger partial charge in [0.05, 0.1) is 20.4 Å². The number of halogens is 4. The number of aromatic nitrogens is 2. The first kappa shape index (κ1) is 35.4. The van der Waals surface area contributed by atoms with Crippen LogP contribution >= 0.6 is 86.4 Å². The van der Waals surface area contributed by atoms with Crippen molar-refractivity contribution in [1.82, 2.24) is 9.97 Å². The summed E-state index contributed by atoms with van der Waals surface area (Å²) in [5.41, 5.74) is 5.11. The zero-order valence-electron chi connectivity index (χ0n) is 22.8. The van der Waals surface area contributed by atoms with Gasteiger partial charge in [-0.15, -0.1) is 22.7 Å². The van der Waals surface area contributed by atoms with Gasteiger partial charge in [-0.05, 0) is 56.2 Å². The van der Waals surface area contributed by atoms with Crippen LogP contribution < -0.4 is 10.6 Å². The molecule has 2 heterocycles. The zero-order chi connectivity index (χ0) is 31.1. The Balaban J connectivity index is 0.000000200. The van der Waals surface area contributed by atoms with Crippen molar-refractivity contribution in [3.05, 3.63) is 137 Å². The van der Waals surface area contributed by atoms with Crippen LogP contribution in [0.15, 0.2) is 137 Å². The van der Waals surface area contributed by atoms with Gasteiger partial charge in [-0.2, -0.15) is 0 Å². The Morgan fingerprint density at radius 2 is 0.956 bits per heavy atom. The summed E-state index contributed by atoms with van der Waals surface area (Å²) in [6.07, 6.45) is 10.3. The van der Waals surface area contributed by atoms with Gasteiger partial charge in [0.15, 0.2) is 10.3 Å². The van der Waals surface area contributed by atoms with E-state index < -0.39 is 0 Å². The van der Waals surface area contributed by atoms with Crippen LogP contribution in [0.25, 0.3) is 22.5 Å². The third kappa shape index (κ3) is 9.75. The Morgan fingerprint density at radius 3 is 1.33 bits per heavy atom. The maximum absolute atomic E-state index is 12.0. The summed E-state index contributed by atoms with van der Waals surface area (Å²) in [5.74, 6) is -0.119. The summed E-state index contributed by atoms with van der Waals surface area (Å²) in [4.78, 5) is 33.1. The van der Waals surface area contributed by atoms with Gasteiger partial charge in [0, 0.05) is 71.2 Å². The Labute approximate surface area is 312 Å². The van der Waals surface area contributed by atoms with Crippen LogP contribution in [0.5, 0.6) is 0 Å². The van der Waals surface area contributed by atoms with Crippen LogP contribution in [-0.4, -0.2) is 21.5 Å². The fourth-order valence-corrected chi connectivity index (χ4v) is 7.71. The number of thiazole rings is 2. The number of carbonyl (C=O) groups excluding carboxylic acids is 2. The number of rotatable bonds is 6. The number of ketones is 2. The van der Waals surface area contributed by atoms with Crippen molar-refractivity contribution >= 4 is 108 Å². The fraction of sp³-hybridized carbons (Fsp3) is 0. The van der Waals surface area contributed by atoms with Crippen molar-refractivity contribution in [3.8, 4) is 22.5 Å². The number of hydrogen-bond acceptors (Lipinski definition) is 8. The average molecular weight is 935 g/mol. The van der Waals surface area contributed by atoms with Gasteiger partial charge < -0.3 is 10.6 Å². The number of benzene rings is 2. The topological polar surface area (TPSA) is 84.0 Å². The van der Waals surface area contributed by atoms with Crippen LogP contribution in [0, 0.1) is 0 Å². The SMILES string of the molecule is O=C1C(Br)=CC(Br)=CC1=CNc1nc(-c2ccccc2)cs1.O=C1C(Br)=CC(Br)=CC1=CNc1nc(-c2ccccc2)cs1.[Co]. The van der Waals surface area contributed by atoms with Gasteiger partial charge in [-0.3, -0.25) is 9.59 Å². The Kier molecular flexibility index (Phi) is 13.3. The molecule has 2 aliphatic rings. The molecule has 4 aromatic rings. The number of nitrogens with zero attached hydrogens (tertiary/aromatic N) is 2. The molecule has 1 radical (unpaired) electrons. The summed E-state index contributed by atoms with van der Waals surface area (Å²) < 4.78 is 2.74. The van der Waals surface area contributed by atoms with Crippen molar-refractivity contribution in [1.29, 1.82) is 0 Å². The van der Waals surface area contributed by atoms with E-state index in [4.69, 9.17) is 0 Å². The minimum Gasteiger partial charge on any atom is -0.337 e. The fourth-order valence-electron chi connectivity index (χ4n) is 3.82. The summed E-state index contributed by atoms with van der Waals surface area (Å²) in [6.45, 7) is 0. The molecule has 0 saturated heterocycles. The van der Waals surface area contributed by atoms with Gasteiger partial charge in [0.2, 0.25) is 11.6 Å². The molecule has 13 heteroatoms. The Bertz CT molecular complexity index is 1760. The summed E-state index contributed by atoms with van der Waals surface area (Å²) >= 11 is 16.3. The number of hydrogen-bond donors (Lipinski definition) is 2. The van der Waals surface area contributed by atoms with Crippen molar-refractivity contribution < 1.29 is 26.4 Å². The van der Waals surface area contributed by atoms with E-state index in [0.29, 0.717) is 20.1 Å². The maximum Gasteiger partial charge on any atom is 0.201 e. The molecule has 0 amide bonds. The van der Waals surface area contributed by atoms with Crippen molar-refractivity contribution in [3.63, 3.8) is 0 Å². The molecule has 0 atom stereocenters. The molecule has 0 aliphatic heterocycles. The van der Waals surface area contributed by atoms with Crippen LogP contribution in [-0.2, 0) is 26.4 Å². The standard InChI is InChI=1S/2C16H10Br2N2OS.Co/c2*17-12-6-11(15(21)13(18)7-12)8-19-16-20-14(9-22-16)10-4-2-1-3-5-10;/h2*1-9H,(H,19,20);. The summed E-state index contributed by atoms with van der Waals surface area (Å²) in [7, 11) is 0. The van der Waals surface area contributed by atoms with E-state index in [1.165, 1.54) is 22.7 Å². The van der Waals surface area contributed by atoms with Crippen LogP contribution in [0.1, 0.15) is 0 Å². The number of carbonyl (C=O) groups is 2. The number of nitrogens with one attached hydrogen (secondary N) is 2. The van der Waals surface area contributed by atoms with E-state index >= 15 is 0 Å². The Hall–Kier alpha value is -2.49. The molecule has 0 saturated carbocycles. The van der Waals surface area contributed by atoms with Crippen molar-refractivity contribution in [2.45, 2.75) is 0 Å². The molecular formula is C32H20Br4CoN4O2S2. The number of anilines is 2. The number of allylic oxidation sites excluding steroid dienone is 10. The van der Waals surface area contributed by atoms with E-state index in [1.54, 1.807) is 36.7 Å². The van der Waals surface area contributed by atoms with Gasteiger partial charge in [-0.1, -0.05) is 92.5 Å². The second-order valence-electron chi connectivity index (χ2n) is 9.00. The molecule has 2 aliphatic carbocycles. The van der Waals surface area contributed by atoms with E-state index in [0.717, 1.165) is 41.7 Å². The smallest absolute Gasteiger partial charge is 0.201 e. The monoisotopic (exact) mass is 931 g/mol. The summed E-state index contributed by atoms with van der Waals surface area (Å²) in [5, 5.41) is 11.6. The predicted octanol–water partition coefficient (Wildman–Crippen LogP) is 10.5. The molecule has 6 rings (SSSR count). The molecule has 229 valence electrons. The van der Waals surface area contributed by atoms with E-state index in [-0.39, 0.29) is 28.3 Å². The first-order valence-electron chi connectivity index (χ1n) is 12.8. The van der Waals surface area contributed by atoms with Crippen molar-refractivity contribution in [2.24, 2.45) is 0 Å². The molecule has 0 unspecified atom stereocenters. The van der Waals surface area contributed by atoms with Gasteiger partial charge in [0.25, 0.3) is 0 Å². The normalized spacial score (nSPS) is 16.1. The molecule has 2 aromatic heterocycles.